The summed E-state index contributed by atoms with van der Waals surface area (Å²) in [5, 5.41) is 18.9. The molecule has 6 nitrogen and oxygen atoms in total. The summed E-state index contributed by atoms with van der Waals surface area (Å²) in [6.07, 6.45) is 3.49. The van der Waals surface area contributed by atoms with Crippen molar-refractivity contribution in [2.75, 3.05) is 7.11 Å². The average Bonchev–Trinajstić information content (AvgIpc) is 2.66. The first-order chi connectivity index (χ1) is 13.0. The molecule has 2 rings (SSSR count). The molecule has 0 spiro atoms. The van der Waals surface area contributed by atoms with E-state index in [1.54, 1.807) is 24.3 Å². The summed E-state index contributed by atoms with van der Waals surface area (Å²) < 4.78 is 0. The van der Waals surface area contributed by atoms with Gasteiger partial charge >= 0.3 is 11.9 Å². The van der Waals surface area contributed by atoms with Crippen molar-refractivity contribution in [1.29, 1.82) is 0 Å². The highest BCUT2D eigenvalue weighted by Gasteiger charge is 2.19. The van der Waals surface area contributed by atoms with Gasteiger partial charge in [0.1, 0.15) is 0 Å². The molecule has 2 aromatic carbocycles. The normalized spacial score (nSPS) is 13.2. The number of carbonyl (C=O) groups is 2. The van der Waals surface area contributed by atoms with Crippen molar-refractivity contribution in [3.63, 3.8) is 0 Å². The highest BCUT2D eigenvalue weighted by Crippen LogP contribution is 2.18. The Morgan fingerprint density at radius 1 is 0.852 bits per heavy atom. The van der Waals surface area contributed by atoms with E-state index in [0.29, 0.717) is 12.2 Å². The first-order valence-corrected chi connectivity index (χ1v) is 8.47. The van der Waals surface area contributed by atoms with Crippen LogP contribution in [-0.4, -0.2) is 29.3 Å². The summed E-state index contributed by atoms with van der Waals surface area (Å²) in [6.45, 7) is 0. The Labute approximate surface area is 157 Å². The van der Waals surface area contributed by atoms with Gasteiger partial charge in [0, 0.05) is 0 Å². The topological polar surface area (TPSA) is 93.1 Å². The Bertz CT molecular complexity index is 767. The van der Waals surface area contributed by atoms with Crippen LogP contribution in [0.4, 0.5) is 0 Å². The van der Waals surface area contributed by atoms with E-state index in [4.69, 9.17) is 4.89 Å². The lowest BCUT2D eigenvalue weighted by Crippen LogP contribution is -2.17. The molecule has 0 unspecified atom stereocenters. The molecule has 2 aromatic rings. The van der Waals surface area contributed by atoms with Gasteiger partial charge in [0.05, 0.1) is 18.9 Å². The summed E-state index contributed by atoms with van der Waals surface area (Å²) in [4.78, 5) is 32.5. The molecule has 2 atom stereocenters. The molecule has 0 aromatic heterocycles. The Hall–Kier alpha value is -3.12. The fraction of sp³-hybridized carbons (Fsp3) is 0.238. The van der Waals surface area contributed by atoms with Crippen LogP contribution in [0.3, 0.4) is 0 Å². The second-order valence-corrected chi connectivity index (χ2v) is 6.06. The first-order valence-electron chi connectivity index (χ1n) is 8.47. The number of aliphatic carboxylic acids is 2. The van der Waals surface area contributed by atoms with Crippen LogP contribution in [0.2, 0.25) is 0 Å². The molecule has 0 bridgehead atoms. The summed E-state index contributed by atoms with van der Waals surface area (Å²) in [5.41, 5.74) is 1.68. The van der Waals surface area contributed by atoms with E-state index >= 15 is 0 Å². The van der Waals surface area contributed by atoms with Gasteiger partial charge in [0.25, 0.3) is 0 Å². The molecule has 6 heteroatoms. The maximum atomic E-state index is 11.6. The van der Waals surface area contributed by atoms with Crippen molar-refractivity contribution < 1.29 is 29.6 Å². The van der Waals surface area contributed by atoms with Crippen LogP contribution in [-0.2, 0) is 27.3 Å². The van der Waals surface area contributed by atoms with Crippen LogP contribution in [0.1, 0.15) is 11.1 Å². The Balaban J connectivity index is 2.08. The molecular formula is C21H22O6. The monoisotopic (exact) mass is 370 g/mol. The van der Waals surface area contributed by atoms with Crippen molar-refractivity contribution in [1.82, 2.24) is 0 Å². The fourth-order valence-corrected chi connectivity index (χ4v) is 2.64. The minimum atomic E-state index is -1.01. The number of rotatable bonds is 10. The van der Waals surface area contributed by atoms with Crippen LogP contribution in [0.15, 0.2) is 66.7 Å². The molecule has 0 amide bonds. The number of hydrogen-bond donors (Lipinski definition) is 2. The van der Waals surface area contributed by atoms with Crippen LogP contribution in [0.5, 0.6) is 5.75 Å². The maximum absolute atomic E-state index is 11.6. The summed E-state index contributed by atoms with van der Waals surface area (Å²) in [6, 6.07) is 16.1. The average molecular weight is 370 g/mol. The molecule has 0 aliphatic heterocycles. The van der Waals surface area contributed by atoms with Gasteiger partial charge in [-0.2, -0.15) is 4.89 Å². The van der Waals surface area contributed by atoms with Crippen molar-refractivity contribution >= 4 is 11.9 Å². The van der Waals surface area contributed by atoms with Crippen molar-refractivity contribution in [2.45, 2.75) is 12.8 Å². The third-order valence-corrected chi connectivity index (χ3v) is 4.07. The van der Waals surface area contributed by atoms with E-state index in [1.807, 2.05) is 30.3 Å². The molecule has 0 aliphatic carbocycles. The smallest absolute Gasteiger partial charge is 0.310 e. The molecule has 0 fully saturated rings. The number of carboxylic acids is 2. The zero-order valence-electron chi connectivity index (χ0n) is 14.9. The van der Waals surface area contributed by atoms with Gasteiger partial charge in [-0.25, -0.2) is 0 Å². The number of carboxylic acid groups (broad SMARTS) is 2. The predicted molar refractivity (Wildman–Crippen MR) is 99.3 cm³/mol. The minimum Gasteiger partial charge on any atom is -0.481 e. The van der Waals surface area contributed by atoms with Crippen LogP contribution < -0.4 is 4.89 Å². The van der Waals surface area contributed by atoms with Gasteiger partial charge in [0.2, 0.25) is 0 Å². The highest BCUT2D eigenvalue weighted by atomic mass is 17.2. The zero-order chi connectivity index (χ0) is 19.6. The second kappa shape index (κ2) is 10.1. The van der Waals surface area contributed by atoms with E-state index in [-0.39, 0.29) is 6.42 Å². The van der Waals surface area contributed by atoms with Gasteiger partial charge in [-0.3, -0.25) is 9.59 Å². The number of hydrogen-bond acceptors (Lipinski definition) is 4. The van der Waals surface area contributed by atoms with E-state index in [9.17, 15) is 19.8 Å². The lowest BCUT2D eigenvalue weighted by atomic mass is 9.94. The molecule has 27 heavy (non-hydrogen) atoms. The molecule has 2 N–H and O–H groups in total. The summed E-state index contributed by atoms with van der Waals surface area (Å²) in [7, 11) is 1.40. The Morgan fingerprint density at radius 2 is 1.33 bits per heavy atom. The van der Waals surface area contributed by atoms with Gasteiger partial charge in [-0.15, -0.1) is 0 Å². The lowest BCUT2D eigenvalue weighted by molar-refractivity contribution is -0.178. The third-order valence-electron chi connectivity index (χ3n) is 4.07. The largest absolute Gasteiger partial charge is 0.481 e. The SMILES string of the molecule is COOc1ccc(C[C@@H](C=C[C@H](Cc2ccccc2)C(=O)O)C(=O)O)cc1. The predicted octanol–water partition coefficient (Wildman–Crippen LogP) is 3.37. The van der Waals surface area contributed by atoms with Gasteiger partial charge in [0.15, 0.2) is 5.75 Å². The van der Waals surface area contributed by atoms with Crippen molar-refractivity contribution in [2.24, 2.45) is 11.8 Å². The lowest BCUT2D eigenvalue weighted by Gasteiger charge is -2.11. The van der Waals surface area contributed by atoms with Crippen LogP contribution in [0.25, 0.3) is 0 Å². The molecule has 0 saturated carbocycles. The zero-order valence-corrected chi connectivity index (χ0v) is 14.9. The second-order valence-electron chi connectivity index (χ2n) is 6.06. The van der Waals surface area contributed by atoms with Crippen molar-refractivity contribution in [3.05, 3.63) is 77.9 Å². The maximum Gasteiger partial charge on any atom is 0.310 e. The van der Waals surface area contributed by atoms with Gasteiger partial charge in [-0.1, -0.05) is 54.6 Å². The van der Waals surface area contributed by atoms with E-state index in [0.717, 1.165) is 11.1 Å². The molecular weight excluding hydrogens is 348 g/mol. The quantitative estimate of drug-likeness (QED) is 0.378. The molecule has 0 heterocycles. The minimum absolute atomic E-state index is 0.247. The third kappa shape index (κ3) is 6.60. The summed E-state index contributed by atoms with van der Waals surface area (Å²) in [5.74, 6) is -3.09. The van der Waals surface area contributed by atoms with Crippen LogP contribution in [0, 0.1) is 11.8 Å². The van der Waals surface area contributed by atoms with Gasteiger partial charge in [-0.05, 0) is 36.1 Å². The van der Waals surface area contributed by atoms with Crippen molar-refractivity contribution in [3.8, 4) is 5.75 Å². The van der Waals surface area contributed by atoms with E-state index < -0.39 is 23.8 Å². The molecule has 0 aliphatic rings. The van der Waals surface area contributed by atoms with E-state index in [2.05, 4.69) is 4.89 Å². The molecule has 0 radical (unpaired) electrons. The standard InChI is InChI=1S/C21H22O6/c1-26-27-19-11-7-16(8-12-19)14-18(21(24)25)10-9-17(20(22)23)13-15-5-3-2-4-6-15/h2-12,17-18H,13-14H2,1H3,(H,22,23)(H,24,25)/t17-,18-/m1/s1. The summed E-state index contributed by atoms with van der Waals surface area (Å²) >= 11 is 0. The van der Waals surface area contributed by atoms with Gasteiger partial charge < -0.3 is 15.1 Å². The fourth-order valence-electron chi connectivity index (χ4n) is 2.64. The highest BCUT2D eigenvalue weighted by molar-refractivity contribution is 5.75. The Kier molecular flexibility index (Phi) is 7.58. The molecule has 0 saturated heterocycles. The molecule has 142 valence electrons. The Morgan fingerprint density at radius 3 is 1.78 bits per heavy atom. The van der Waals surface area contributed by atoms with Crippen LogP contribution >= 0.6 is 0 Å². The number of benzene rings is 2. The first kappa shape index (κ1) is 20.2. The van der Waals surface area contributed by atoms with E-state index in [1.165, 1.54) is 19.3 Å².